The molecule has 368 valence electrons. The van der Waals surface area contributed by atoms with Crippen molar-refractivity contribution < 1.29 is 38.9 Å². The molecule has 0 aromatic rings. The van der Waals surface area contributed by atoms with E-state index in [0.717, 1.165) is 50.7 Å². The minimum Gasteiger partial charge on any atom is -0.545 e. The summed E-state index contributed by atoms with van der Waals surface area (Å²) >= 11 is 0. The van der Waals surface area contributed by atoms with Gasteiger partial charge in [-0.05, 0) is 25.0 Å². The summed E-state index contributed by atoms with van der Waals surface area (Å²) in [6, 6.07) is 0. The number of hydrogen-bond donors (Lipinski definition) is 0. The molecule has 0 N–H and O–H groups in total. The second kappa shape index (κ2) is 66.8. The molecular weight excluding hydrogens is 895 g/mol. The van der Waals surface area contributed by atoms with Crippen molar-refractivity contribution in [2.45, 2.75) is 272 Å². The van der Waals surface area contributed by atoms with Crippen LogP contribution in [0.1, 0.15) is 272 Å². The molecule has 0 aromatic heterocycles. The molecule has 0 aromatic carbocycles. The number of esters is 2. The molecule has 0 unspecified atom stereocenters. The Kier molecular flexibility index (Phi) is 74.4. The average Bonchev–Trinajstić information content (AvgIpc) is 3.26. The van der Waals surface area contributed by atoms with Crippen LogP contribution in [0.5, 0.6) is 0 Å². The fraction of sp³-hybridized carbons (Fsp3) is 0.815. The number of carbonyl (C=O) groups excluding carboxylic acids is 4. The second-order valence-electron chi connectivity index (χ2n) is 16.7. The summed E-state index contributed by atoms with van der Waals surface area (Å²) in [6.07, 6.45) is 52.1. The normalized spacial score (nSPS) is 10.5. The fourth-order valence-electron chi connectivity index (χ4n) is 6.51. The third-order valence-electron chi connectivity index (χ3n) is 10.4. The van der Waals surface area contributed by atoms with Crippen molar-refractivity contribution in [3.63, 3.8) is 0 Å². The van der Waals surface area contributed by atoms with E-state index >= 15 is 0 Å². The van der Waals surface area contributed by atoms with E-state index in [1.54, 1.807) is 0 Å². The summed E-state index contributed by atoms with van der Waals surface area (Å²) in [5.74, 6) is -4.01. The van der Waals surface area contributed by atoms with Gasteiger partial charge in [0.15, 0.2) is 0 Å². The van der Waals surface area contributed by atoms with Crippen molar-refractivity contribution in [1.29, 1.82) is 0 Å². The van der Waals surface area contributed by atoms with Gasteiger partial charge in [-0.15, -0.1) is 0 Å². The van der Waals surface area contributed by atoms with Crippen LogP contribution in [0, 0.1) is 13.8 Å². The van der Waals surface area contributed by atoms with Crippen LogP contribution < -0.4 is 10.2 Å². The van der Waals surface area contributed by atoms with Crippen LogP contribution in [0.3, 0.4) is 0 Å². The number of aliphatic carboxylic acids is 2. The molecule has 0 fully saturated rings. The summed E-state index contributed by atoms with van der Waals surface area (Å²) < 4.78 is 9.75. The Morgan fingerprint density at radius 2 is 0.524 bits per heavy atom. The molecule has 0 atom stereocenters. The molecule has 63 heavy (non-hydrogen) atoms. The Morgan fingerprint density at radius 3 is 0.714 bits per heavy atom. The van der Waals surface area contributed by atoms with E-state index in [4.69, 9.17) is 9.47 Å². The molecule has 0 aliphatic rings. The molecule has 0 spiro atoms. The van der Waals surface area contributed by atoms with Crippen LogP contribution in [-0.4, -0.2) is 61.0 Å². The van der Waals surface area contributed by atoms with Crippen LogP contribution in [0.4, 0.5) is 0 Å². The summed E-state index contributed by atoms with van der Waals surface area (Å²) in [4.78, 5) is 42.3. The van der Waals surface area contributed by atoms with Gasteiger partial charge in [-0.2, -0.15) is 0 Å². The van der Waals surface area contributed by atoms with Crippen molar-refractivity contribution in [1.82, 2.24) is 0 Å². The molecule has 8 nitrogen and oxygen atoms in total. The van der Waals surface area contributed by atoms with E-state index in [-0.39, 0.29) is 23.9 Å². The predicted octanol–water partition coefficient (Wildman–Crippen LogP) is 13.8. The zero-order valence-corrected chi connectivity index (χ0v) is 44.6. The van der Waals surface area contributed by atoms with Crippen molar-refractivity contribution in [2.24, 2.45) is 0 Å². The molecule has 4 radical (unpaired) electrons. The molecule has 0 aliphatic carbocycles. The number of ether oxygens (including phenoxy) is 2. The van der Waals surface area contributed by atoms with Crippen LogP contribution in [0.25, 0.3) is 0 Å². The summed E-state index contributed by atoms with van der Waals surface area (Å²) in [7, 11) is 0. The van der Waals surface area contributed by atoms with Crippen molar-refractivity contribution in [3.05, 3.63) is 38.2 Å². The van der Waals surface area contributed by atoms with E-state index in [1.165, 1.54) is 205 Å². The van der Waals surface area contributed by atoms with Gasteiger partial charge in [0.05, 0.1) is 25.2 Å². The molecule has 0 heterocycles. The fourth-order valence-corrected chi connectivity index (χ4v) is 6.51. The number of hydrogen-bond acceptors (Lipinski definition) is 8. The molecule has 9 heteroatoms. The Balaban J connectivity index is -0.000000262. The SMILES string of the molecule is CCCCCCCCCCCCCCCOC(=O)/C=C\C(=O)[O-].CCCCCCCCCCCCCCCOC(=O)/C=C\C(=O)[O-].[CH2]CCCCCCC.[CH2]CCCCCCC.[Sn+2]. The van der Waals surface area contributed by atoms with Crippen molar-refractivity contribution in [2.75, 3.05) is 13.2 Å². The first kappa shape index (κ1) is 70.2. The maximum absolute atomic E-state index is 11.1. The van der Waals surface area contributed by atoms with E-state index < -0.39 is 23.9 Å². The van der Waals surface area contributed by atoms with Gasteiger partial charge in [-0.25, -0.2) is 9.59 Å². The number of carboxylic acids is 2. The number of carbonyl (C=O) groups is 4. The standard InChI is InChI=1S/2C19H34O4.2C8H17.Sn/c2*1-2-3-4-5-6-7-8-9-10-11-12-13-14-17-23-19(22)16-15-18(20)21;2*1-3-5-7-8-6-4-2;/h2*15-16H,2-14,17H2,1H3,(H,20,21);2*1,3-8H2,2H3;/q;;;;+2/p-2/b2*16-15-;;;. The zero-order chi connectivity index (χ0) is 46.8. The quantitative estimate of drug-likeness (QED) is 0.0256. The van der Waals surface area contributed by atoms with E-state index in [2.05, 4.69) is 41.5 Å². The van der Waals surface area contributed by atoms with E-state index in [1.807, 2.05) is 0 Å². The van der Waals surface area contributed by atoms with Gasteiger partial charge in [0.25, 0.3) is 0 Å². The molecular formula is C54H100O8Sn. The Morgan fingerprint density at radius 1 is 0.333 bits per heavy atom. The number of rotatable bonds is 42. The van der Waals surface area contributed by atoms with Crippen LogP contribution in [-0.2, 0) is 28.7 Å². The summed E-state index contributed by atoms with van der Waals surface area (Å²) in [5, 5.41) is 20.2. The van der Waals surface area contributed by atoms with Gasteiger partial charge in [0.2, 0.25) is 0 Å². The average molecular weight is 996 g/mol. The molecule has 0 saturated heterocycles. The monoisotopic (exact) mass is 997 g/mol. The van der Waals surface area contributed by atoms with Crippen LogP contribution in [0.2, 0.25) is 0 Å². The van der Waals surface area contributed by atoms with Crippen molar-refractivity contribution >= 4 is 47.8 Å². The summed E-state index contributed by atoms with van der Waals surface area (Å²) in [5.41, 5.74) is 0. The minimum absolute atomic E-state index is 0. The van der Waals surface area contributed by atoms with Crippen LogP contribution in [0.15, 0.2) is 24.3 Å². The first-order valence-corrected chi connectivity index (χ1v) is 25.9. The molecule has 0 amide bonds. The largest absolute Gasteiger partial charge is 2.00 e. The minimum atomic E-state index is -1.39. The summed E-state index contributed by atoms with van der Waals surface area (Å²) in [6.45, 7) is 17.3. The van der Waals surface area contributed by atoms with E-state index in [0.29, 0.717) is 25.4 Å². The van der Waals surface area contributed by atoms with Crippen LogP contribution >= 0.6 is 0 Å². The smallest absolute Gasteiger partial charge is 0.545 e. The maximum atomic E-state index is 11.1. The number of unbranched alkanes of at least 4 members (excludes halogenated alkanes) is 34. The molecule has 0 rings (SSSR count). The van der Waals surface area contributed by atoms with Gasteiger partial charge in [-0.1, -0.05) is 273 Å². The van der Waals surface area contributed by atoms with Gasteiger partial charge in [0.1, 0.15) is 0 Å². The van der Waals surface area contributed by atoms with Gasteiger partial charge >= 0.3 is 35.8 Å². The predicted molar refractivity (Wildman–Crippen MR) is 265 cm³/mol. The zero-order valence-electron chi connectivity index (χ0n) is 41.8. The first-order valence-electron chi connectivity index (χ1n) is 25.9. The second-order valence-corrected chi connectivity index (χ2v) is 16.7. The molecule has 0 saturated carbocycles. The molecule has 0 bridgehead atoms. The van der Waals surface area contributed by atoms with Gasteiger partial charge < -0.3 is 29.3 Å². The number of carboxylic acid groups (broad SMARTS) is 2. The Bertz CT molecular complexity index is 879. The molecule has 0 aliphatic heterocycles. The maximum Gasteiger partial charge on any atom is 2.00 e. The Hall–Kier alpha value is -1.84. The third-order valence-corrected chi connectivity index (χ3v) is 10.4. The van der Waals surface area contributed by atoms with Gasteiger partial charge in [-0.3, -0.25) is 0 Å². The van der Waals surface area contributed by atoms with E-state index in [9.17, 15) is 29.4 Å². The third kappa shape index (κ3) is 80.9. The topological polar surface area (TPSA) is 133 Å². The first-order chi connectivity index (χ1) is 30.2. The van der Waals surface area contributed by atoms with Gasteiger partial charge in [0, 0.05) is 12.2 Å². The Labute approximate surface area is 407 Å². The van der Waals surface area contributed by atoms with Crippen molar-refractivity contribution in [3.8, 4) is 0 Å².